The number of hydrogen-bond acceptors (Lipinski definition) is 5. The minimum absolute atomic E-state index is 0.0448. The van der Waals surface area contributed by atoms with E-state index in [2.05, 4.69) is 9.44 Å². The van der Waals surface area contributed by atoms with Crippen molar-refractivity contribution in [1.82, 2.24) is 13.7 Å². The van der Waals surface area contributed by atoms with Crippen LogP contribution in [0.1, 0.15) is 23.3 Å². The highest BCUT2D eigenvalue weighted by Gasteiger charge is 2.41. The molecule has 0 saturated carbocycles. The lowest BCUT2D eigenvalue weighted by molar-refractivity contribution is 0.236. The van der Waals surface area contributed by atoms with Crippen molar-refractivity contribution in [2.75, 3.05) is 19.6 Å². The minimum atomic E-state index is -3.76. The predicted molar refractivity (Wildman–Crippen MR) is 131 cm³/mol. The normalized spacial score (nSPS) is 17.0. The maximum atomic E-state index is 13.2. The average molecular weight is 524 g/mol. The van der Waals surface area contributed by atoms with E-state index in [0.717, 1.165) is 22.6 Å². The van der Waals surface area contributed by atoms with Crippen LogP contribution in [0.3, 0.4) is 0 Å². The van der Waals surface area contributed by atoms with Crippen LogP contribution in [0.25, 0.3) is 0 Å². The maximum Gasteiger partial charge on any atom is 0.277 e. The van der Waals surface area contributed by atoms with Gasteiger partial charge in [-0.15, -0.1) is 11.3 Å². The molecule has 2 aromatic carbocycles. The van der Waals surface area contributed by atoms with Crippen LogP contribution in [0.2, 0.25) is 0 Å². The summed E-state index contributed by atoms with van der Waals surface area (Å²) >= 11 is 1.53. The zero-order valence-corrected chi connectivity index (χ0v) is 20.8. The standard InChI is InChI=1S/C23H26FN3O4S3/c24-20-8-10-21(11-9-20)33(28,29)27-14-12-23(13-15-27,22-7-4-16-32-22)18-26-34(30,31)25-17-19-5-2-1-3-6-19/h1-11,16,25-26H,12-15,17-18H2. The van der Waals surface area contributed by atoms with Crippen molar-refractivity contribution >= 4 is 31.6 Å². The second kappa shape index (κ2) is 10.2. The van der Waals surface area contributed by atoms with Gasteiger partial charge in [0.05, 0.1) is 4.90 Å². The Labute approximate surface area is 203 Å². The molecule has 0 amide bonds. The number of thiophene rings is 1. The predicted octanol–water partition coefficient (Wildman–Crippen LogP) is 3.23. The number of sulfonamides is 1. The van der Waals surface area contributed by atoms with Crippen molar-refractivity contribution in [2.24, 2.45) is 0 Å². The van der Waals surface area contributed by atoms with Gasteiger partial charge in [-0.1, -0.05) is 36.4 Å². The summed E-state index contributed by atoms with van der Waals surface area (Å²) in [6, 6.07) is 17.9. The summed E-state index contributed by atoms with van der Waals surface area (Å²) in [5, 5.41) is 1.93. The first-order valence-corrected chi connectivity index (χ1v) is 14.6. The van der Waals surface area contributed by atoms with Crippen LogP contribution in [0.15, 0.2) is 77.0 Å². The molecular weight excluding hydrogens is 497 g/mol. The number of nitrogens with zero attached hydrogens (tertiary/aromatic N) is 1. The Kier molecular flexibility index (Phi) is 7.51. The summed E-state index contributed by atoms with van der Waals surface area (Å²) in [7, 11) is -7.52. The smallest absolute Gasteiger partial charge is 0.207 e. The van der Waals surface area contributed by atoms with Crippen LogP contribution in [0, 0.1) is 5.82 Å². The van der Waals surface area contributed by atoms with Gasteiger partial charge in [0, 0.05) is 36.5 Å². The molecule has 0 aliphatic carbocycles. The van der Waals surface area contributed by atoms with E-state index in [1.165, 1.54) is 27.8 Å². The molecule has 2 heterocycles. The fourth-order valence-electron chi connectivity index (χ4n) is 4.06. The molecule has 1 aliphatic rings. The Morgan fingerprint density at radius 2 is 1.56 bits per heavy atom. The molecule has 0 spiro atoms. The van der Waals surface area contributed by atoms with Crippen LogP contribution in [-0.2, 0) is 32.2 Å². The number of hydrogen-bond donors (Lipinski definition) is 2. The maximum absolute atomic E-state index is 13.2. The minimum Gasteiger partial charge on any atom is -0.207 e. The number of piperidine rings is 1. The van der Waals surface area contributed by atoms with Gasteiger partial charge in [0.25, 0.3) is 10.2 Å². The molecule has 0 atom stereocenters. The van der Waals surface area contributed by atoms with E-state index >= 15 is 0 Å². The Morgan fingerprint density at radius 3 is 2.18 bits per heavy atom. The molecule has 1 saturated heterocycles. The molecule has 0 unspecified atom stereocenters. The third-order valence-corrected chi connectivity index (χ3v) is 10.2. The molecule has 34 heavy (non-hydrogen) atoms. The van der Waals surface area contributed by atoms with Crippen molar-refractivity contribution in [2.45, 2.75) is 29.7 Å². The van der Waals surface area contributed by atoms with E-state index < -0.39 is 31.5 Å². The number of halogens is 1. The molecule has 4 rings (SSSR count). The molecule has 182 valence electrons. The number of benzene rings is 2. The molecule has 1 aromatic heterocycles. The lowest BCUT2D eigenvalue weighted by atomic mass is 9.78. The summed E-state index contributed by atoms with van der Waals surface area (Å²) in [6.45, 7) is 0.793. The van der Waals surface area contributed by atoms with Gasteiger partial charge in [-0.2, -0.15) is 17.4 Å². The first kappa shape index (κ1) is 25.0. The Bertz CT molecular complexity index is 1290. The number of nitrogens with one attached hydrogen (secondary N) is 2. The quantitative estimate of drug-likeness (QED) is 0.450. The van der Waals surface area contributed by atoms with Crippen LogP contribution in [0.5, 0.6) is 0 Å². The lowest BCUT2D eigenvalue weighted by Gasteiger charge is -2.40. The molecular formula is C23H26FN3O4S3. The van der Waals surface area contributed by atoms with E-state index in [-0.39, 0.29) is 31.1 Å². The van der Waals surface area contributed by atoms with Gasteiger partial charge in [0.1, 0.15) is 5.82 Å². The fraction of sp³-hybridized carbons (Fsp3) is 0.304. The molecule has 3 aromatic rings. The van der Waals surface area contributed by atoms with Gasteiger partial charge in [0.2, 0.25) is 10.0 Å². The largest absolute Gasteiger partial charge is 0.277 e. The summed E-state index contributed by atoms with van der Waals surface area (Å²) in [6.07, 6.45) is 0.907. The summed E-state index contributed by atoms with van der Waals surface area (Å²) in [4.78, 5) is 1.06. The molecule has 1 fully saturated rings. The van der Waals surface area contributed by atoms with Crippen molar-refractivity contribution < 1.29 is 21.2 Å². The van der Waals surface area contributed by atoms with Gasteiger partial charge in [-0.05, 0) is 54.1 Å². The van der Waals surface area contributed by atoms with Gasteiger partial charge in [-0.3, -0.25) is 0 Å². The fourth-order valence-corrected chi connectivity index (χ4v) is 7.41. The zero-order valence-electron chi connectivity index (χ0n) is 18.4. The van der Waals surface area contributed by atoms with Crippen molar-refractivity contribution in [1.29, 1.82) is 0 Å². The summed E-state index contributed by atoms with van der Waals surface area (Å²) in [5.74, 6) is -0.498. The van der Waals surface area contributed by atoms with Gasteiger partial charge >= 0.3 is 0 Å². The molecule has 11 heteroatoms. The number of rotatable bonds is 9. The highest BCUT2D eigenvalue weighted by Crippen LogP contribution is 2.39. The van der Waals surface area contributed by atoms with E-state index in [4.69, 9.17) is 0 Å². The first-order valence-electron chi connectivity index (χ1n) is 10.8. The third kappa shape index (κ3) is 5.73. The van der Waals surface area contributed by atoms with Gasteiger partial charge in [-0.25, -0.2) is 17.5 Å². The summed E-state index contributed by atoms with van der Waals surface area (Å²) in [5.41, 5.74) is 0.324. The van der Waals surface area contributed by atoms with E-state index in [9.17, 15) is 21.2 Å². The second-order valence-electron chi connectivity index (χ2n) is 8.25. The summed E-state index contributed by atoms with van der Waals surface area (Å²) < 4.78 is 71.2. The molecule has 7 nitrogen and oxygen atoms in total. The molecule has 0 radical (unpaired) electrons. The topological polar surface area (TPSA) is 95.6 Å². The Balaban J connectivity index is 1.45. The van der Waals surface area contributed by atoms with Crippen molar-refractivity contribution in [3.63, 3.8) is 0 Å². The molecule has 2 N–H and O–H groups in total. The SMILES string of the molecule is O=S(=O)(NCc1ccccc1)NCC1(c2cccs2)CCN(S(=O)(=O)c2ccc(F)cc2)CC1. The van der Waals surface area contributed by atoms with E-state index in [1.807, 2.05) is 47.8 Å². The zero-order chi connectivity index (χ0) is 24.2. The van der Waals surface area contributed by atoms with E-state index in [0.29, 0.717) is 12.8 Å². The van der Waals surface area contributed by atoms with Gasteiger partial charge < -0.3 is 0 Å². The average Bonchev–Trinajstić information content (AvgIpc) is 3.39. The van der Waals surface area contributed by atoms with Crippen LogP contribution < -0.4 is 9.44 Å². The lowest BCUT2D eigenvalue weighted by Crippen LogP contribution is -2.51. The first-order chi connectivity index (χ1) is 16.2. The third-order valence-electron chi connectivity index (χ3n) is 6.08. The highest BCUT2D eigenvalue weighted by atomic mass is 32.2. The van der Waals surface area contributed by atoms with Crippen LogP contribution >= 0.6 is 11.3 Å². The monoisotopic (exact) mass is 523 g/mol. The van der Waals surface area contributed by atoms with Crippen molar-refractivity contribution in [3.8, 4) is 0 Å². The highest BCUT2D eigenvalue weighted by molar-refractivity contribution is 7.89. The van der Waals surface area contributed by atoms with Crippen LogP contribution in [-0.4, -0.2) is 40.8 Å². The Hall–Kier alpha value is -2.15. The molecule has 1 aliphatic heterocycles. The van der Waals surface area contributed by atoms with E-state index in [1.54, 1.807) is 0 Å². The molecule has 0 bridgehead atoms. The van der Waals surface area contributed by atoms with Crippen LogP contribution in [0.4, 0.5) is 4.39 Å². The van der Waals surface area contributed by atoms with Crippen molar-refractivity contribution in [3.05, 3.63) is 88.4 Å². The van der Waals surface area contributed by atoms with Gasteiger partial charge in [0.15, 0.2) is 0 Å². The Morgan fingerprint density at radius 1 is 0.882 bits per heavy atom. The second-order valence-corrected chi connectivity index (χ2v) is 12.7.